The molecule has 0 aromatic rings. The second-order valence-electron chi connectivity index (χ2n) is 1.90. The zero-order valence-corrected chi connectivity index (χ0v) is 6.84. The van der Waals surface area contributed by atoms with Crippen molar-refractivity contribution in [2.75, 3.05) is 0 Å². The van der Waals surface area contributed by atoms with E-state index in [-0.39, 0.29) is 0 Å². The van der Waals surface area contributed by atoms with Crippen molar-refractivity contribution in [2.24, 2.45) is 0 Å². The monoisotopic (exact) mass is 182 g/mol. The highest BCUT2D eigenvalue weighted by Crippen LogP contribution is 2.32. The second kappa shape index (κ2) is 2.53. The van der Waals surface area contributed by atoms with Crippen molar-refractivity contribution in [3.63, 3.8) is 0 Å². The van der Waals surface area contributed by atoms with Crippen LogP contribution in [-0.4, -0.2) is 4.33 Å². The van der Waals surface area contributed by atoms with Crippen LogP contribution in [-0.2, 0) is 0 Å². The topological polar surface area (TPSA) is 0 Å². The first-order chi connectivity index (χ1) is 4.10. The Morgan fingerprint density at radius 1 is 1.44 bits per heavy atom. The molecule has 0 saturated carbocycles. The van der Waals surface area contributed by atoms with Crippen LogP contribution in [0.1, 0.15) is 6.42 Å². The Balaban J connectivity index is 2.78. The SMILES string of the molecule is ClC1=CC(Cl)(Cl)CC=C1. The van der Waals surface area contributed by atoms with Crippen LogP contribution < -0.4 is 0 Å². The first-order valence-corrected chi connectivity index (χ1v) is 3.66. The van der Waals surface area contributed by atoms with Crippen LogP contribution in [0.5, 0.6) is 0 Å². The van der Waals surface area contributed by atoms with Crippen molar-refractivity contribution < 1.29 is 0 Å². The first-order valence-electron chi connectivity index (χ1n) is 2.53. The molecule has 0 spiro atoms. The van der Waals surface area contributed by atoms with Gasteiger partial charge in [0.15, 0.2) is 0 Å². The molecule has 9 heavy (non-hydrogen) atoms. The predicted octanol–water partition coefficient (Wildman–Crippen LogP) is 3.24. The molecule has 0 heterocycles. The lowest BCUT2D eigenvalue weighted by Gasteiger charge is -2.15. The van der Waals surface area contributed by atoms with Gasteiger partial charge in [-0.3, -0.25) is 0 Å². The number of hydrogen-bond acceptors (Lipinski definition) is 0. The molecule has 0 N–H and O–H groups in total. The van der Waals surface area contributed by atoms with Gasteiger partial charge in [-0.2, -0.15) is 0 Å². The largest absolute Gasteiger partial charge is 0.141 e. The average Bonchev–Trinajstić information content (AvgIpc) is 1.60. The summed E-state index contributed by atoms with van der Waals surface area (Å²) in [5.74, 6) is 0. The summed E-state index contributed by atoms with van der Waals surface area (Å²) in [6.45, 7) is 0. The molecule has 1 aliphatic rings. The van der Waals surface area contributed by atoms with E-state index in [0.717, 1.165) is 0 Å². The summed E-state index contributed by atoms with van der Waals surface area (Å²) in [7, 11) is 0. The molecule has 0 atom stereocenters. The van der Waals surface area contributed by atoms with Gasteiger partial charge in [-0.15, -0.1) is 0 Å². The molecule has 0 bridgehead atoms. The van der Waals surface area contributed by atoms with Crippen LogP contribution >= 0.6 is 34.8 Å². The van der Waals surface area contributed by atoms with Gasteiger partial charge in [0.25, 0.3) is 0 Å². The first kappa shape index (κ1) is 7.46. The maximum Gasteiger partial charge on any atom is 0.141 e. The molecule has 0 aliphatic heterocycles. The van der Waals surface area contributed by atoms with Crippen molar-refractivity contribution in [1.29, 1.82) is 0 Å². The summed E-state index contributed by atoms with van der Waals surface area (Å²) in [6, 6.07) is 0. The van der Waals surface area contributed by atoms with E-state index >= 15 is 0 Å². The fraction of sp³-hybridized carbons (Fsp3) is 0.333. The van der Waals surface area contributed by atoms with E-state index in [1.54, 1.807) is 12.2 Å². The number of allylic oxidation sites excluding steroid dienone is 4. The fourth-order valence-corrected chi connectivity index (χ4v) is 1.44. The Morgan fingerprint density at radius 3 is 2.44 bits per heavy atom. The average molecular weight is 183 g/mol. The quantitative estimate of drug-likeness (QED) is 0.506. The van der Waals surface area contributed by atoms with Crippen LogP contribution in [0, 0.1) is 0 Å². The van der Waals surface area contributed by atoms with Crippen molar-refractivity contribution in [1.82, 2.24) is 0 Å². The summed E-state index contributed by atoms with van der Waals surface area (Å²) in [5.41, 5.74) is 0. The van der Waals surface area contributed by atoms with Gasteiger partial charge in [0, 0.05) is 11.5 Å². The lowest BCUT2D eigenvalue weighted by molar-refractivity contribution is 0.958. The maximum atomic E-state index is 5.72. The Morgan fingerprint density at radius 2 is 2.11 bits per heavy atom. The third-order valence-electron chi connectivity index (χ3n) is 1.02. The molecule has 1 rings (SSSR count). The standard InChI is InChI=1S/C6H5Cl3/c7-5-2-1-3-6(8,9)4-5/h1-2,4H,3H2. The molecule has 50 valence electrons. The van der Waals surface area contributed by atoms with Gasteiger partial charge in [0.1, 0.15) is 4.33 Å². The summed E-state index contributed by atoms with van der Waals surface area (Å²) in [5, 5.41) is 0.603. The molecule has 0 amide bonds. The summed E-state index contributed by atoms with van der Waals surface area (Å²) >= 11 is 17.0. The highest BCUT2D eigenvalue weighted by atomic mass is 35.5. The van der Waals surface area contributed by atoms with Crippen LogP contribution in [0.2, 0.25) is 0 Å². The highest BCUT2D eigenvalue weighted by molar-refractivity contribution is 6.50. The van der Waals surface area contributed by atoms with E-state index in [0.29, 0.717) is 11.5 Å². The van der Waals surface area contributed by atoms with E-state index in [1.807, 2.05) is 6.08 Å². The molecular formula is C6H5Cl3. The summed E-state index contributed by atoms with van der Waals surface area (Å²) in [4.78, 5) is 0. The Hall–Kier alpha value is 0.350. The maximum absolute atomic E-state index is 5.72. The van der Waals surface area contributed by atoms with E-state index < -0.39 is 4.33 Å². The molecule has 0 unspecified atom stereocenters. The van der Waals surface area contributed by atoms with Crippen LogP contribution in [0.25, 0.3) is 0 Å². The number of rotatable bonds is 0. The van der Waals surface area contributed by atoms with Crippen LogP contribution in [0.4, 0.5) is 0 Å². The lowest BCUT2D eigenvalue weighted by Crippen LogP contribution is -2.09. The fourth-order valence-electron chi connectivity index (χ4n) is 0.637. The Bertz CT molecular complexity index is 167. The lowest BCUT2D eigenvalue weighted by atomic mass is 10.2. The van der Waals surface area contributed by atoms with E-state index in [2.05, 4.69) is 0 Å². The number of halogens is 3. The number of alkyl halides is 2. The van der Waals surface area contributed by atoms with Crippen molar-refractivity contribution in [2.45, 2.75) is 10.8 Å². The molecule has 0 saturated heterocycles. The van der Waals surface area contributed by atoms with Gasteiger partial charge in [-0.1, -0.05) is 40.9 Å². The van der Waals surface area contributed by atoms with Gasteiger partial charge in [0.05, 0.1) is 0 Å². The normalized spacial score (nSPS) is 23.7. The third kappa shape index (κ3) is 2.21. The van der Waals surface area contributed by atoms with Crippen molar-refractivity contribution >= 4 is 34.8 Å². The molecule has 0 radical (unpaired) electrons. The minimum atomic E-state index is -0.786. The molecule has 0 aromatic heterocycles. The van der Waals surface area contributed by atoms with Crippen molar-refractivity contribution in [3.8, 4) is 0 Å². The molecule has 0 nitrogen and oxygen atoms in total. The second-order valence-corrected chi connectivity index (χ2v) is 3.88. The third-order valence-corrected chi connectivity index (χ3v) is 1.78. The smallest absolute Gasteiger partial charge is 0.0966 e. The Labute approximate surface area is 69.1 Å². The zero-order valence-electron chi connectivity index (χ0n) is 4.57. The highest BCUT2D eigenvalue weighted by Gasteiger charge is 2.21. The molecule has 1 aliphatic carbocycles. The van der Waals surface area contributed by atoms with Gasteiger partial charge < -0.3 is 0 Å². The Kier molecular flexibility index (Phi) is 2.10. The van der Waals surface area contributed by atoms with E-state index in [1.165, 1.54) is 0 Å². The van der Waals surface area contributed by atoms with E-state index in [4.69, 9.17) is 34.8 Å². The van der Waals surface area contributed by atoms with Gasteiger partial charge in [-0.05, 0) is 12.2 Å². The number of hydrogen-bond donors (Lipinski definition) is 0. The molecule has 0 aromatic carbocycles. The molecular weight excluding hydrogens is 178 g/mol. The van der Waals surface area contributed by atoms with Gasteiger partial charge in [0.2, 0.25) is 0 Å². The zero-order chi connectivity index (χ0) is 6.91. The van der Waals surface area contributed by atoms with Gasteiger partial charge >= 0.3 is 0 Å². The summed E-state index contributed by atoms with van der Waals surface area (Å²) < 4.78 is -0.786. The predicted molar refractivity (Wildman–Crippen MR) is 42.1 cm³/mol. The molecule has 3 heteroatoms. The molecule has 0 fully saturated rings. The van der Waals surface area contributed by atoms with Gasteiger partial charge in [-0.25, -0.2) is 0 Å². The summed E-state index contributed by atoms with van der Waals surface area (Å²) in [6.07, 6.45) is 5.89. The minimum absolute atomic E-state index is 0.603. The minimum Gasteiger partial charge on any atom is -0.0966 e. The van der Waals surface area contributed by atoms with Crippen LogP contribution in [0.3, 0.4) is 0 Å². The van der Waals surface area contributed by atoms with Crippen LogP contribution in [0.15, 0.2) is 23.3 Å². The van der Waals surface area contributed by atoms with E-state index in [9.17, 15) is 0 Å². The van der Waals surface area contributed by atoms with Crippen molar-refractivity contribution in [3.05, 3.63) is 23.3 Å².